The molecule has 2 aromatic rings. The molecular weight excluding hydrogens is 350 g/mol. The van der Waals surface area contributed by atoms with Crippen LogP contribution in [0.1, 0.15) is 15.9 Å². The van der Waals surface area contributed by atoms with Crippen LogP contribution in [0.25, 0.3) is 0 Å². The van der Waals surface area contributed by atoms with Gasteiger partial charge in [0.15, 0.2) is 5.15 Å². The fourth-order valence-corrected chi connectivity index (χ4v) is 3.46. The molecule has 0 aliphatic heterocycles. The number of thiophene rings is 1. The Bertz CT molecular complexity index is 633. The third-order valence-corrected chi connectivity index (χ3v) is 4.24. The zero-order valence-corrected chi connectivity index (χ0v) is 13.3. The molecule has 8 heteroatoms. The van der Waals surface area contributed by atoms with Crippen molar-refractivity contribution >= 4 is 69.3 Å². The van der Waals surface area contributed by atoms with E-state index in [1.165, 1.54) is 6.07 Å². The highest BCUT2D eigenvalue weighted by molar-refractivity contribution is 7.20. The van der Waals surface area contributed by atoms with Gasteiger partial charge < -0.3 is 5.32 Å². The molecule has 2 aromatic heterocycles. The second-order valence-corrected chi connectivity index (χ2v) is 6.65. The van der Waals surface area contributed by atoms with Crippen molar-refractivity contribution in [3.05, 3.63) is 42.2 Å². The van der Waals surface area contributed by atoms with Crippen molar-refractivity contribution in [1.82, 2.24) is 4.98 Å². The van der Waals surface area contributed by atoms with Crippen LogP contribution in [0.15, 0.2) is 12.1 Å². The van der Waals surface area contributed by atoms with Gasteiger partial charge in [0.05, 0.1) is 15.6 Å². The summed E-state index contributed by atoms with van der Waals surface area (Å²) in [7, 11) is 0. The topological polar surface area (TPSA) is 42.0 Å². The third-order valence-electron chi connectivity index (χ3n) is 2.28. The molecular formula is C11H6Cl4N2OS. The number of carbonyl (C=O) groups excluding carboxylic acids is 1. The van der Waals surface area contributed by atoms with E-state index in [9.17, 15) is 4.79 Å². The first kappa shape index (κ1) is 14.9. The molecule has 0 saturated carbocycles. The van der Waals surface area contributed by atoms with Gasteiger partial charge in [0.2, 0.25) is 0 Å². The van der Waals surface area contributed by atoms with Gasteiger partial charge in [-0.3, -0.25) is 4.79 Å². The van der Waals surface area contributed by atoms with Gasteiger partial charge in [-0.1, -0.05) is 46.4 Å². The number of anilines is 1. The second kappa shape index (κ2) is 5.85. The first-order chi connectivity index (χ1) is 8.88. The van der Waals surface area contributed by atoms with Crippen molar-refractivity contribution in [3.63, 3.8) is 0 Å². The lowest BCUT2D eigenvalue weighted by Gasteiger charge is -2.09. The van der Waals surface area contributed by atoms with E-state index in [-0.39, 0.29) is 10.3 Å². The summed E-state index contributed by atoms with van der Waals surface area (Å²) in [6.07, 6.45) is 0. The molecule has 0 aromatic carbocycles. The monoisotopic (exact) mass is 354 g/mol. The van der Waals surface area contributed by atoms with E-state index < -0.39 is 5.91 Å². The van der Waals surface area contributed by atoms with Crippen LogP contribution in [0.5, 0.6) is 0 Å². The summed E-state index contributed by atoms with van der Waals surface area (Å²) in [5, 5.41) is 3.03. The summed E-state index contributed by atoms with van der Waals surface area (Å²) in [6.45, 7) is 1.76. The summed E-state index contributed by atoms with van der Waals surface area (Å²) >= 11 is 24.5. The smallest absolute Gasteiger partial charge is 0.258 e. The van der Waals surface area contributed by atoms with Crippen LogP contribution in [0, 0.1) is 6.92 Å². The number of nitrogens with zero attached hydrogens (tertiary/aromatic N) is 1. The molecule has 19 heavy (non-hydrogen) atoms. The van der Waals surface area contributed by atoms with Crippen LogP contribution in [-0.4, -0.2) is 10.9 Å². The van der Waals surface area contributed by atoms with Gasteiger partial charge in [-0.15, -0.1) is 11.3 Å². The van der Waals surface area contributed by atoms with E-state index in [2.05, 4.69) is 10.3 Å². The highest BCUT2D eigenvalue weighted by atomic mass is 35.5. The van der Waals surface area contributed by atoms with Crippen molar-refractivity contribution in [2.24, 2.45) is 0 Å². The highest BCUT2D eigenvalue weighted by Crippen LogP contribution is 2.33. The van der Waals surface area contributed by atoms with Crippen LogP contribution in [0.2, 0.25) is 19.0 Å². The summed E-state index contributed by atoms with van der Waals surface area (Å²) in [4.78, 5) is 15.9. The van der Waals surface area contributed by atoms with Crippen LogP contribution in [-0.2, 0) is 0 Å². The van der Waals surface area contributed by atoms with E-state index in [1.54, 1.807) is 13.0 Å². The van der Waals surface area contributed by atoms with Crippen molar-refractivity contribution in [2.75, 3.05) is 5.32 Å². The lowest BCUT2D eigenvalue weighted by molar-refractivity contribution is 0.102. The Morgan fingerprint density at radius 2 is 1.95 bits per heavy atom. The predicted octanol–water partition coefficient (Wildman–Crippen LogP) is 5.32. The molecule has 0 bridgehead atoms. The van der Waals surface area contributed by atoms with Gasteiger partial charge in [0.1, 0.15) is 9.49 Å². The maximum absolute atomic E-state index is 12.1. The lowest BCUT2D eigenvalue weighted by Crippen LogP contribution is -2.13. The maximum Gasteiger partial charge on any atom is 0.258 e. The molecule has 0 spiro atoms. The summed E-state index contributed by atoms with van der Waals surface area (Å²) in [5.74, 6) is -0.401. The number of aryl methyl sites for hydroxylation is 1. The number of aromatic nitrogens is 1. The standard InChI is InChI=1S/C11H6Cl4N2OS/c1-4-2-6(12)16-9(14)8(4)17-11(18)5-3-7(13)19-10(5)15/h2-3H,1H3,(H,17,18). The van der Waals surface area contributed by atoms with E-state index in [1.807, 2.05) is 0 Å². The molecule has 0 unspecified atom stereocenters. The molecule has 100 valence electrons. The van der Waals surface area contributed by atoms with Gasteiger partial charge >= 0.3 is 0 Å². The number of amides is 1. The average Bonchev–Trinajstić information content (AvgIpc) is 2.62. The Labute approximate surface area is 133 Å². The quantitative estimate of drug-likeness (QED) is 0.741. The molecule has 0 saturated heterocycles. The molecule has 1 amide bonds. The van der Waals surface area contributed by atoms with Crippen molar-refractivity contribution < 1.29 is 4.79 Å². The highest BCUT2D eigenvalue weighted by Gasteiger charge is 2.17. The Hall–Kier alpha value is -0.520. The number of pyridine rings is 1. The first-order valence-electron chi connectivity index (χ1n) is 4.97. The van der Waals surface area contributed by atoms with E-state index in [4.69, 9.17) is 46.4 Å². The van der Waals surface area contributed by atoms with Gasteiger partial charge in [0.25, 0.3) is 5.91 Å². The number of hydrogen-bond donors (Lipinski definition) is 1. The van der Waals surface area contributed by atoms with E-state index >= 15 is 0 Å². The minimum absolute atomic E-state index is 0.121. The SMILES string of the molecule is Cc1cc(Cl)nc(Cl)c1NC(=O)c1cc(Cl)sc1Cl. The molecule has 2 heterocycles. The van der Waals surface area contributed by atoms with E-state index in [0.29, 0.717) is 25.5 Å². The zero-order chi connectivity index (χ0) is 14.2. The lowest BCUT2D eigenvalue weighted by atomic mass is 10.2. The summed E-state index contributed by atoms with van der Waals surface area (Å²) in [5.41, 5.74) is 1.40. The Balaban J connectivity index is 2.32. The molecule has 0 aliphatic rings. The second-order valence-electron chi connectivity index (χ2n) is 3.62. The predicted molar refractivity (Wildman–Crippen MR) is 81.3 cm³/mol. The van der Waals surface area contributed by atoms with Gasteiger partial charge in [0, 0.05) is 0 Å². The average molecular weight is 356 g/mol. The molecule has 3 nitrogen and oxygen atoms in total. The largest absolute Gasteiger partial charge is 0.319 e. The first-order valence-corrected chi connectivity index (χ1v) is 7.30. The molecule has 1 N–H and O–H groups in total. The van der Waals surface area contributed by atoms with Crippen molar-refractivity contribution in [1.29, 1.82) is 0 Å². The van der Waals surface area contributed by atoms with Gasteiger partial charge in [-0.05, 0) is 24.6 Å². The number of carbonyl (C=O) groups is 1. The number of halogens is 4. The summed E-state index contributed by atoms with van der Waals surface area (Å²) < 4.78 is 0.755. The fraction of sp³-hybridized carbons (Fsp3) is 0.0909. The molecule has 0 radical (unpaired) electrons. The maximum atomic E-state index is 12.1. The fourth-order valence-electron chi connectivity index (χ4n) is 1.42. The molecule has 0 fully saturated rings. The van der Waals surface area contributed by atoms with Crippen molar-refractivity contribution in [2.45, 2.75) is 6.92 Å². The zero-order valence-electron chi connectivity index (χ0n) is 9.43. The van der Waals surface area contributed by atoms with Gasteiger partial charge in [-0.2, -0.15) is 0 Å². The van der Waals surface area contributed by atoms with Crippen LogP contribution in [0.4, 0.5) is 5.69 Å². The third kappa shape index (κ3) is 3.33. The number of nitrogens with one attached hydrogen (secondary N) is 1. The molecule has 0 aliphatic carbocycles. The minimum atomic E-state index is -0.401. The van der Waals surface area contributed by atoms with Crippen LogP contribution >= 0.6 is 57.7 Å². The molecule has 0 atom stereocenters. The minimum Gasteiger partial charge on any atom is -0.319 e. The number of rotatable bonds is 2. The van der Waals surface area contributed by atoms with Crippen LogP contribution in [0.3, 0.4) is 0 Å². The van der Waals surface area contributed by atoms with Crippen molar-refractivity contribution in [3.8, 4) is 0 Å². The van der Waals surface area contributed by atoms with Crippen LogP contribution < -0.4 is 5.32 Å². The Kier molecular flexibility index (Phi) is 4.58. The number of hydrogen-bond acceptors (Lipinski definition) is 3. The molecule has 2 rings (SSSR count). The normalized spacial score (nSPS) is 10.6. The summed E-state index contributed by atoms with van der Waals surface area (Å²) in [6, 6.07) is 3.10. The van der Waals surface area contributed by atoms with Gasteiger partial charge in [-0.25, -0.2) is 4.98 Å². The van der Waals surface area contributed by atoms with E-state index in [0.717, 1.165) is 11.3 Å². The Morgan fingerprint density at radius 1 is 1.26 bits per heavy atom. The Morgan fingerprint density at radius 3 is 2.47 bits per heavy atom.